The first-order valence-electron chi connectivity index (χ1n) is 9.61. The SMILES string of the molecule is O=C(CCC1CCCCC1)N1CCN(C(=O)C2CC(O)CN2)CC1. The Hall–Kier alpha value is -1.14. The summed E-state index contributed by atoms with van der Waals surface area (Å²) >= 11 is 0. The van der Waals surface area contributed by atoms with Crippen LogP contribution in [0.4, 0.5) is 0 Å². The number of piperazine rings is 1. The van der Waals surface area contributed by atoms with Gasteiger partial charge in [-0.1, -0.05) is 32.1 Å². The van der Waals surface area contributed by atoms with Crippen molar-refractivity contribution in [3.05, 3.63) is 0 Å². The summed E-state index contributed by atoms with van der Waals surface area (Å²) in [5.74, 6) is 1.06. The Bertz CT molecular complexity index is 443. The lowest BCUT2D eigenvalue weighted by atomic mass is 9.86. The highest BCUT2D eigenvalue weighted by Crippen LogP contribution is 2.27. The Morgan fingerprint density at radius 3 is 2.29 bits per heavy atom. The molecular formula is C18H31N3O3. The molecule has 3 fully saturated rings. The Labute approximate surface area is 144 Å². The van der Waals surface area contributed by atoms with Gasteiger partial charge >= 0.3 is 0 Å². The van der Waals surface area contributed by atoms with Crippen molar-refractivity contribution in [2.45, 2.75) is 63.5 Å². The zero-order valence-corrected chi connectivity index (χ0v) is 14.6. The van der Waals surface area contributed by atoms with Crippen molar-refractivity contribution in [1.29, 1.82) is 0 Å². The lowest BCUT2D eigenvalue weighted by Crippen LogP contribution is -2.54. The molecule has 24 heavy (non-hydrogen) atoms. The van der Waals surface area contributed by atoms with E-state index in [1.807, 2.05) is 9.80 Å². The van der Waals surface area contributed by atoms with E-state index in [0.29, 0.717) is 45.6 Å². The van der Waals surface area contributed by atoms with Crippen molar-refractivity contribution in [3.8, 4) is 0 Å². The van der Waals surface area contributed by atoms with Gasteiger partial charge in [-0.2, -0.15) is 0 Å². The van der Waals surface area contributed by atoms with Crippen LogP contribution >= 0.6 is 0 Å². The molecule has 6 nitrogen and oxygen atoms in total. The molecule has 3 aliphatic rings. The highest BCUT2D eigenvalue weighted by molar-refractivity contribution is 5.83. The number of carbonyl (C=O) groups is 2. The minimum Gasteiger partial charge on any atom is -0.392 e. The summed E-state index contributed by atoms with van der Waals surface area (Å²) in [5.41, 5.74) is 0. The molecule has 2 heterocycles. The van der Waals surface area contributed by atoms with Gasteiger partial charge in [0.05, 0.1) is 12.1 Å². The summed E-state index contributed by atoms with van der Waals surface area (Å²) in [5, 5.41) is 12.6. The molecule has 0 bridgehead atoms. The van der Waals surface area contributed by atoms with Crippen molar-refractivity contribution < 1.29 is 14.7 Å². The Morgan fingerprint density at radius 2 is 1.67 bits per heavy atom. The van der Waals surface area contributed by atoms with E-state index in [9.17, 15) is 14.7 Å². The molecule has 2 saturated heterocycles. The average molecular weight is 337 g/mol. The number of hydrogen-bond acceptors (Lipinski definition) is 4. The summed E-state index contributed by atoms with van der Waals surface area (Å²) in [6.45, 7) is 3.01. The summed E-state index contributed by atoms with van der Waals surface area (Å²) in [6.07, 6.45) is 8.35. The number of aliphatic hydroxyl groups is 1. The quantitative estimate of drug-likeness (QED) is 0.794. The zero-order chi connectivity index (χ0) is 16.9. The van der Waals surface area contributed by atoms with Crippen LogP contribution in [0.15, 0.2) is 0 Å². The van der Waals surface area contributed by atoms with Gasteiger partial charge in [0.2, 0.25) is 11.8 Å². The van der Waals surface area contributed by atoms with Gasteiger partial charge in [0.15, 0.2) is 0 Å². The molecule has 3 rings (SSSR count). The van der Waals surface area contributed by atoms with E-state index in [0.717, 1.165) is 12.3 Å². The molecular weight excluding hydrogens is 306 g/mol. The molecule has 136 valence electrons. The largest absolute Gasteiger partial charge is 0.392 e. The number of amides is 2. The summed E-state index contributed by atoms with van der Waals surface area (Å²) < 4.78 is 0. The van der Waals surface area contributed by atoms with Crippen LogP contribution in [0.5, 0.6) is 0 Å². The molecule has 0 aromatic carbocycles. The highest BCUT2D eigenvalue weighted by atomic mass is 16.3. The van der Waals surface area contributed by atoms with E-state index in [1.54, 1.807) is 0 Å². The second-order valence-corrected chi connectivity index (χ2v) is 7.60. The third-order valence-corrected chi connectivity index (χ3v) is 5.84. The van der Waals surface area contributed by atoms with E-state index in [2.05, 4.69) is 5.32 Å². The number of nitrogens with zero attached hydrogens (tertiary/aromatic N) is 2. The van der Waals surface area contributed by atoms with Crippen LogP contribution in [0.1, 0.15) is 51.4 Å². The fraction of sp³-hybridized carbons (Fsp3) is 0.889. The van der Waals surface area contributed by atoms with Crippen LogP contribution in [-0.4, -0.2) is 71.6 Å². The Morgan fingerprint density at radius 1 is 1.00 bits per heavy atom. The molecule has 0 radical (unpaired) electrons. The van der Waals surface area contributed by atoms with Crippen LogP contribution in [0.3, 0.4) is 0 Å². The first kappa shape index (κ1) is 17.7. The summed E-state index contributed by atoms with van der Waals surface area (Å²) in [4.78, 5) is 28.6. The van der Waals surface area contributed by atoms with Gasteiger partial charge in [-0.15, -0.1) is 0 Å². The zero-order valence-electron chi connectivity index (χ0n) is 14.6. The van der Waals surface area contributed by atoms with Crippen LogP contribution in [0.2, 0.25) is 0 Å². The number of nitrogens with one attached hydrogen (secondary N) is 1. The number of hydrogen-bond donors (Lipinski definition) is 2. The predicted molar refractivity (Wildman–Crippen MR) is 91.4 cm³/mol. The summed E-state index contributed by atoms with van der Waals surface area (Å²) in [6, 6.07) is -0.256. The van der Waals surface area contributed by atoms with Crippen molar-refractivity contribution in [2.24, 2.45) is 5.92 Å². The standard InChI is InChI=1S/C18H31N3O3/c22-15-12-16(19-13-15)18(24)21-10-8-20(9-11-21)17(23)7-6-14-4-2-1-3-5-14/h14-16,19,22H,1-13H2. The molecule has 6 heteroatoms. The molecule has 2 N–H and O–H groups in total. The topological polar surface area (TPSA) is 72.9 Å². The van der Waals surface area contributed by atoms with Crippen molar-refractivity contribution in [3.63, 3.8) is 0 Å². The van der Waals surface area contributed by atoms with Gasteiger partial charge in [0.25, 0.3) is 0 Å². The predicted octanol–water partition coefficient (Wildman–Crippen LogP) is 0.741. The number of carbonyl (C=O) groups excluding carboxylic acids is 2. The van der Waals surface area contributed by atoms with Gasteiger partial charge in [-0.25, -0.2) is 0 Å². The maximum atomic E-state index is 12.4. The van der Waals surface area contributed by atoms with E-state index in [1.165, 1.54) is 32.1 Å². The van der Waals surface area contributed by atoms with Crippen LogP contribution in [-0.2, 0) is 9.59 Å². The van der Waals surface area contributed by atoms with Crippen molar-refractivity contribution in [2.75, 3.05) is 32.7 Å². The average Bonchev–Trinajstić information content (AvgIpc) is 3.06. The van der Waals surface area contributed by atoms with Gasteiger partial charge in [-0.05, 0) is 18.8 Å². The number of aliphatic hydroxyl groups excluding tert-OH is 1. The second-order valence-electron chi connectivity index (χ2n) is 7.60. The van der Waals surface area contributed by atoms with Crippen molar-refractivity contribution >= 4 is 11.8 Å². The Kier molecular flexibility index (Phi) is 6.11. The van der Waals surface area contributed by atoms with E-state index < -0.39 is 6.10 Å². The maximum absolute atomic E-state index is 12.4. The summed E-state index contributed by atoms with van der Waals surface area (Å²) in [7, 11) is 0. The minimum atomic E-state index is -0.415. The van der Waals surface area contributed by atoms with E-state index in [-0.39, 0.29) is 17.9 Å². The number of β-amino-alcohol motifs (C(OH)–C–C–N with tert-alkyl or cyclic N) is 1. The lowest BCUT2D eigenvalue weighted by Gasteiger charge is -2.36. The van der Waals surface area contributed by atoms with Gasteiger partial charge in [0.1, 0.15) is 0 Å². The lowest BCUT2D eigenvalue weighted by molar-refractivity contribution is -0.140. The minimum absolute atomic E-state index is 0.0702. The van der Waals surface area contributed by atoms with Crippen molar-refractivity contribution in [1.82, 2.24) is 15.1 Å². The second kappa shape index (κ2) is 8.30. The van der Waals surface area contributed by atoms with Crippen LogP contribution in [0.25, 0.3) is 0 Å². The highest BCUT2D eigenvalue weighted by Gasteiger charge is 2.33. The molecule has 1 saturated carbocycles. The van der Waals surface area contributed by atoms with Gasteiger partial charge < -0.3 is 20.2 Å². The molecule has 0 aromatic heterocycles. The van der Waals surface area contributed by atoms with E-state index in [4.69, 9.17) is 0 Å². The molecule has 0 spiro atoms. The van der Waals surface area contributed by atoms with Crippen LogP contribution in [0, 0.1) is 5.92 Å². The Balaban J connectivity index is 1.38. The molecule has 2 amide bonds. The monoisotopic (exact) mass is 337 g/mol. The fourth-order valence-corrected chi connectivity index (χ4v) is 4.26. The van der Waals surface area contributed by atoms with Crippen LogP contribution < -0.4 is 5.32 Å². The first-order valence-corrected chi connectivity index (χ1v) is 9.61. The third-order valence-electron chi connectivity index (χ3n) is 5.84. The van der Waals surface area contributed by atoms with Gasteiger partial charge in [0, 0.05) is 39.1 Å². The molecule has 0 aromatic rings. The first-order chi connectivity index (χ1) is 11.6. The molecule has 2 atom stereocenters. The van der Waals surface area contributed by atoms with Gasteiger partial charge in [-0.3, -0.25) is 9.59 Å². The maximum Gasteiger partial charge on any atom is 0.239 e. The fourth-order valence-electron chi connectivity index (χ4n) is 4.26. The smallest absolute Gasteiger partial charge is 0.239 e. The normalized spacial score (nSPS) is 29.0. The molecule has 2 aliphatic heterocycles. The molecule has 1 aliphatic carbocycles. The van der Waals surface area contributed by atoms with E-state index >= 15 is 0 Å². The third kappa shape index (κ3) is 4.48. The number of rotatable bonds is 4. The molecule has 2 unspecified atom stereocenters.